The van der Waals surface area contributed by atoms with Gasteiger partial charge in [0.05, 0.1) is 0 Å². The molecule has 0 N–H and O–H groups in total. The molecule has 1 aromatic carbocycles. The lowest BCUT2D eigenvalue weighted by Gasteiger charge is -2.05. The molecule has 0 aliphatic carbocycles. The van der Waals surface area contributed by atoms with Crippen molar-refractivity contribution < 1.29 is 4.79 Å². The van der Waals surface area contributed by atoms with E-state index in [9.17, 15) is 4.79 Å². The molecule has 0 amide bonds. The summed E-state index contributed by atoms with van der Waals surface area (Å²) >= 11 is 9.06. The third-order valence-corrected chi connectivity index (χ3v) is 2.96. The van der Waals surface area contributed by atoms with E-state index in [1.807, 2.05) is 12.1 Å². The summed E-state index contributed by atoms with van der Waals surface area (Å²) in [5.74, 6) is 0.635. The van der Waals surface area contributed by atoms with Gasteiger partial charge in [-0.15, -0.1) is 11.6 Å². The number of hydrogen-bond acceptors (Lipinski definition) is 1. The van der Waals surface area contributed by atoms with Crippen molar-refractivity contribution in [3.63, 3.8) is 0 Å². The fourth-order valence-corrected chi connectivity index (χ4v) is 1.95. The highest BCUT2D eigenvalue weighted by atomic mass is 79.9. The molecule has 1 nitrogen and oxygen atoms in total. The van der Waals surface area contributed by atoms with Crippen LogP contribution in [0, 0.1) is 0 Å². The Morgan fingerprint density at radius 1 is 1.33 bits per heavy atom. The van der Waals surface area contributed by atoms with E-state index in [1.165, 1.54) is 5.56 Å². The Labute approximate surface area is 104 Å². The predicted octanol–water partition coefficient (Wildman–Crippen LogP) is 3.96. The van der Waals surface area contributed by atoms with Crippen LogP contribution in [0.3, 0.4) is 0 Å². The number of alkyl halides is 2. The van der Waals surface area contributed by atoms with Gasteiger partial charge < -0.3 is 0 Å². The number of hydrogen-bond donors (Lipinski definition) is 0. The van der Waals surface area contributed by atoms with Crippen LogP contribution in [0.5, 0.6) is 0 Å². The Morgan fingerprint density at radius 3 is 2.53 bits per heavy atom. The normalized spacial score (nSPS) is 10.3. The first-order valence-electron chi connectivity index (χ1n) is 4.99. The summed E-state index contributed by atoms with van der Waals surface area (Å²) in [4.78, 5) is 11.7. The molecule has 0 spiro atoms. The number of aryl methyl sites for hydroxylation is 1. The highest BCUT2D eigenvalue weighted by molar-refractivity contribution is 9.09. The molecule has 82 valence electrons. The molecule has 0 saturated carbocycles. The van der Waals surface area contributed by atoms with Crippen molar-refractivity contribution >= 4 is 33.3 Å². The number of carbonyl (C=O) groups excluding carboxylic acids is 1. The molecule has 0 unspecified atom stereocenters. The van der Waals surface area contributed by atoms with Crippen LogP contribution in [-0.4, -0.2) is 11.1 Å². The van der Waals surface area contributed by atoms with E-state index in [4.69, 9.17) is 11.6 Å². The minimum atomic E-state index is 0.175. The van der Waals surface area contributed by atoms with E-state index in [2.05, 4.69) is 28.9 Å². The maximum atomic E-state index is 11.7. The van der Waals surface area contributed by atoms with Gasteiger partial charge in [-0.05, 0) is 29.7 Å². The molecule has 0 aliphatic rings. The first-order chi connectivity index (χ1) is 7.21. The van der Waals surface area contributed by atoms with E-state index in [1.54, 1.807) is 0 Å². The number of Topliss-reactive ketones (excluding diaryl/α,β-unsaturated/α-hetero) is 1. The smallest absolute Gasteiger partial charge is 0.163 e. The summed E-state index contributed by atoms with van der Waals surface area (Å²) < 4.78 is 0. The number of halogens is 2. The van der Waals surface area contributed by atoms with E-state index in [0.717, 1.165) is 17.5 Å². The molecule has 0 saturated heterocycles. The lowest BCUT2D eigenvalue weighted by Crippen LogP contribution is -2.01. The average Bonchev–Trinajstić information content (AvgIpc) is 2.28. The highest BCUT2D eigenvalue weighted by Crippen LogP contribution is 2.15. The molecule has 0 aliphatic heterocycles. The summed E-state index contributed by atoms with van der Waals surface area (Å²) in [6.45, 7) is 2.08. The molecule has 1 aromatic rings. The molecule has 0 aromatic heterocycles. The molecule has 3 heteroatoms. The molecule has 0 bridgehead atoms. The van der Waals surface area contributed by atoms with Gasteiger partial charge in [-0.2, -0.15) is 0 Å². The van der Waals surface area contributed by atoms with Crippen LogP contribution >= 0.6 is 27.5 Å². The monoisotopic (exact) mass is 288 g/mol. The third-order valence-electron chi connectivity index (χ3n) is 2.26. The maximum Gasteiger partial charge on any atom is 0.163 e. The zero-order valence-electron chi connectivity index (χ0n) is 8.72. The van der Waals surface area contributed by atoms with Crippen molar-refractivity contribution in [1.29, 1.82) is 0 Å². The summed E-state index contributed by atoms with van der Waals surface area (Å²) in [6.07, 6.45) is 1.47. The highest BCUT2D eigenvalue weighted by Gasteiger charge is 2.07. The van der Waals surface area contributed by atoms with Crippen LogP contribution in [0.4, 0.5) is 0 Å². The van der Waals surface area contributed by atoms with Crippen LogP contribution in [0.15, 0.2) is 18.2 Å². The second-order valence-corrected chi connectivity index (χ2v) is 4.45. The Balaban J connectivity index is 3.01. The number of benzene rings is 1. The van der Waals surface area contributed by atoms with Crippen molar-refractivity contribution in [2.45, 2.75) is 25.6 Å². The lowest BCUT2D eigenvalue weighted by atomic mass is 10.0. The molecule has 0 fully saturated rings. The summed E-state index contributed by atoms with van der Waals surface area (Å²) in [7, 11) is 0. The molecular formula is C12H14BrClO. The molecule has 0 radical (unpaired) electrons. The Morgan fingerprint density at radius 2 is 2.00 bits per heavy atom. The fourth-order valence-electron chi connectivity index (χ4n) is 1.44. The molecule has 0 heterocycles. The molecule has 15 heavy (non-hydrogen) atoms. The topological polar surface area (TPSA) is 17.1 Å². The van der Waals surface area contributed by atoms with Crippen molar-refractivity contribution in [2.24, 2.45) is 0 Å². The van der Waals surface area contributed by atoms with Crippen LogP contribution in [0.1, 0.15) is 34.8 Å². The minimum absolute atomic E-state index is 0.175. The summed E-state index contributed by atoms with van der Waals surface area (Å²) in [5.41, 5.74) is 2.98. The van der Waals surface area contributed by atoms with Gasteiger partial charge in [0.2, 0.25) is 0 Å². The summed E-state index contributed by atoms with van der Waals surface area (Å²) in [6, 6.07) is 5.90. The first-order valence-corrected chi connectivity index (χ1v) is 6.64. The van der Waals surface area contributed by atoms with Gasteiger partial charge in [0.1, 0.15) is 0 Å². The van der Waals surface area contributed by atoms with E-state index in [-0.39, 0.29) is 5.78 Å². The van der Waals surface area contributed by atoms with Gasteiger partial charge in [-0.25, -0.2) is 0 Å². The van der Waals surface area contributed by atoms with Gasteiger partial charge in [-0.3, -0.25) is 4.79 Å². The largest absolute Gasteiger partial charge is 0.294 e. The van der Waals surface area contributed by atoms with Gasteiger partial charge in [0.25, 0.3) is 0 Å². The third kappa shape index (κ3) is 3.62. The lowest BCUT2D eigenvalue weighted by molar-refractivity contribution is 0.0989. The molecule has 1 rings (SSSR count). The Kier molecular flexibility index (Phi) is 5.34. The number of carbonyl (C=O) groups is 1. The SMILES string of the molecule is CCc1cc(CCl)cc(C(=O)CCBr)c1. The van der Waals surface area contributed by atoms with E-state index in [0.29, 0.717) is 17.6 Å². The summed E-state index contributed by atoms with van der Waals surface area (Å²) in [5, 5.41) is 0.707. The van der Waals surface area contributed by atoms with Gasteiger partial charge in [0.15, 0.2) is 5.78 Å². The molecular weight excluding hydrogens is 275 g/mol. The van der Waals surface area contributed by atoms with Crippen molar-refractivity contribution in [1.82, 2.24) is 0 Å². The Bertz CT molecular complexity index is 327. The average molecular weight is 290 g/mol. The fraction of sp³-hybridized carbons (Fsp3) is 0.417. The van der Waals surface area contributed by atoms with E-state index < -0.39 is 0 Å². The number of rotatable bonds is 5. The Hall–Kier alpha value is -0.340. The van der Waals surface area contributed by atoms with Gasteiger partial charge in [0, 0.05) is 23.2 Å². The predicted molar refractivity (Wildman–Crippen MR) is 68.1 cm³/mol. The van der Waals surface area contributed by atoms with Crippen molar-refractivity contribution in [3.8, 4) is 0 Å². The second-order valence-electron chi connectivity index (χ2n) is 3.39. The second kappa shape index (κ2) is 6.29. The minimum Gasteiger partial charge on any atom is -0.294 e. The molecule has 0 atom stereocenters. The van der Waals surface area contributed by atoms with Crippen LogP contribution in [0.2, 0.25) is 0 Å². The first kappa shape index (κ1) is 12.7. The zero-order chi connectivity index (χ0) is 11.3. The van der Waals surface area contributed by atoms with Crippen LogP contribution < -0.4 is 0 Å². The zero-order valence-corrected chi connectivity index (χ0v) is 11.1. The standard InChI is InChI=1S/C12H14BrClO/c1-2-9-5-10(8-14)7-11(6-9)12(15)3-4-13/h5-7H,2-4,8H2,1H3. The van der Waals surface area contributed by atoms with Crippen molar-refractivity contribution in [2.75, 3.05) is 5.33 Å². The van der Waals surface area contributed by atoms with E-state index >= 15 is 0 Å². The van der Waals surface area contributed by atoms with Crippen molar-refractivity contribution in [3.05, 3.63) is 34.9 Å². The van der Waals surface area contributed by atoms with Crippen LogP contribution in [0.25, 0.3) is 0 Å². The maximum absolute atomic E-state index is 11.7. The van der Waals surface area contributed by atoms with Gasteiger partial charge >= 0.3 is 0 Å². The quantitative estimate of drug-likeness (QED) is 0.592. The number of ketones is 1. The van der Waals surface area contributed by atoms with Gasteiger partial charge in [-0.1, -0.05) is 28.9 Å². The van der Waals surface area contributed by atoms with Crippen LogP contribution in [-0.2, 0) is 12.3 Å².